The van der Waals surface area contributed by atoms with Gasteiger partial charge in [0.15, 0.2) is 0 Å². The molecule has 5 heteroatoms. The third kappa shape index (κ3) is 2.52. The molecule has 3 aliphatic heterocycles. The van der Waals surface area contributed by atoms with Crippen molar-refractivity contribution < 1.29 is 24.4 Å². The van der Waals surface area contributed by atoms with Crippen molar-refractivity contribution in [3.05, 3.63) is 40.5 Å². The van der Waals surface area contributed by atoms with Crippen LogP contribution in [0.1, 0.15) is 16.7 Å². The molecule has 4 rings (SSSR count). The Balaban J connectivity index is 1.64. The average molecular weight is 290 g/mol. The zero-order valence-corrected chi connectivity index (χ0v) is 11.6. The van der Waals surface area contributed by atoms with Crippen LogP contribution < -0.4 is 0 Å². The van der Waals surface area contributed by atoms with Gasteiger partial charge in [-0.05, 0) is 28.3 Å². The lowest BCUT2D eigenvalue weighted by atomic mass is 9.98. The predicted molar refractivity (Wildman–Crippen MR) is 74.4 cm³/mol. The standard InChI is InChI=1S/C16H18O5/c17-5-10-2-1-9(3-11(10)6-18)4-12-15-13(20-15)7-19-8-14-16(12)21-14/h1-4,13-18H,5-8H2. The maximum atomic E-state index is 9.38. The number of hydrogen-bond donors (Lipinski definition) is 2. The van der Waals surface area contributed by atoms with Crippen LogP contribution in [0.5, 0.6) is 0 Å². The Kier molecular flexibility index (Phi) is 3.32. The molecule has 1 aromatic rings. The summed E-state index contributed by atoms with van der Waals surface area (Å²) < 4.78 is 16.8. The first-order valence-electron chi connectivity index (χ1n) is 7.24. The first kappa shape index (κ1) is 13.4. The predicted octanol–water partition coefficient (Wildman–Crippen LogP) is 0.620. The fourth-order valence-electron chi connectivity index (χ4n) is 2.98. The van der Waals surface area contributed by atoms with E-state index in [4.69, 9.17) is 14.2 Å². The molecule has 0 aromatic heterocycles. The van der Waals surface area contributed by atoms with Gasteiger partial charge >= 0.3 is 0 Å². The summed E-state index contributed by atoms with van der Waals surface area (Å²) in [6, 6.07) is 5.70. The van der Waals surface area contributed by atoms with Gasteiger partial charge in [0.05, 0.1) is 26.4 Å². The summed E-state index contributed by atoms with van der Waals surface area (Å²) in [6.07, 6.45) is 2.57. The second-order valence-corrected chi connectivity index (χ2v) is 5.72. The zero-order valence-electron chi connectivity index (χ0n) is 11.6. The summed E-state index contributed by atoms with van der Waals surface area (Å²) in [4.78, 5) is 0. The summed E-state index contributed by atoms with van der Waals surface area (Å²) in [5.41, 5.74) is 3.67. The quantitative estimate of drug-likeness (QED) is 0.798. The normalized spacial score (nSPS) is 33.5. The lowest BCUT2D eigenvalue weighted by Crippen LogP contribution is -2.18. The van der Waals surface area contributed by atoms with E-state index in [2.05, 4.69) is 6.08 Å². The molecule has 1 aromatic carbocycles. The number of epoxide rings is 2. The summed E-state index contributed by atoms with van der Waals surface area (Å²) >= 11 is 0. The first-order chi connectivity index (χ1) is 10.3. The molecule has 0 spiro atoms. The third-order valence-electron chi connectivity index (χ3n) is 4.29. The topological polar surface area (TPSA) is 74.8 Å². The molecule has 3 heterocycles. The third-order valence-corrected chi connectivity index (χ3v) is 4.29. The number of aliphatic hydroxyl groups is 2. The molecule has 0 radical (unpaired) electrons. The van der Waals surface area contributed by atoms with Gasteiger partial charge in [-0.2, -0.15) is 0 Å². The van der Waals surface area contributed by atoms with Crippen LogP contribution in [-0.2, 0) is 27.4 Å². The number of fused-ring (bicyclic) bond motifs is 2. The van der Waals surface area contributed by atoms with E-state index in [1.807, 2.05) is 18.2 Å². The number of rotatable bonds is 3. The van der Waals surface area contributed by atoms with Crippen molar-refractivity contribution in [1.82, 2.24) is 0 Å². The van der Waals surface area contributed by atoms with Gasteiger partial charge in [-0.3, -0.25) is 0 Å². The molecule has 112 valence electrons. The van der Waals surface area contributed by atoms with E-state index >= 15 is 0 Å². The molecule has 4 atom stereocenters. The number of aliphatic hydroxyl groups excluding tert-OH is 2. The van der Waals surface area contributed by atoms with Crippen molar-refractivity contribution in [1.29, 1.82) is 0 Å². The van der Waals surface area contributed by atoms with Gasteiger partial charge in [-0.25, -0.2) is 0 Å². The van der Waals surface area contributed by atoms with E-state index in [1.165, 1.54) is 0 Å². The van der Waals surface area contributed by atoms with Gasteiger partial charge in [0.25, 0.3) is 0 Å². The van der Waals surface area contributed by atoms with Crippen molar-refractivity contribution in [2.24, 2.45) is 0 Å². The Morgan fingerprint density at radius 1 is 1.00 bits per heavy atom. The lowest BCUT2D eigenvalue weighted by molar-refractivity contribution is 0.102. The van der Waals surface area contributed by atoms with Crippen LogP contribution in [0.3, 0.4) is 0 Å². The molecule has 3 aliphatic rings. The van der Waals surface area contributed by atoms with Crippen molar-refractivity contribution in [3.8, 4) is 0 Å². The van der Waals surface area contributed by atoms with Crippen molar-refractivity contribution in [2.75, 3.05) is 13.2 Å². The Morgan fingerprint density at radius 2 is 1.67 bits per heavy atom. The molecule has 0 amide bonds. The summed E-state index contributed by atoms with van der Waals surface area (Å²) in [5.74, 6) is 0. The Bertz CT molecular complexity index is 562. The van der Waals surface area contributed by atoms with Crippen LogP contribution in [0, 0.1) is 0 Å². The van der Waals surface area contributed by atoms with E-state index < -0.39 is 0 Å². The molecule has 21 heavy (non-hydrogen) atoms. The first-order valence-corrected chi connectivity index (χ1v) is 7.24. The van der Waals surface area contributed by atoms with Gasteiger partial charge in [0.2, 0.25) is 0 Å². The molecular weight excluding hydrogens is 272 g/mol. The maximum absolute atomic E-state index is 9.38. The van der Waals surface area contributed by atoms with Gasteiger partial charge in [0, 0.05) is 0 Å². The van der Waals surface area contributed by atoms with Crippen LogP contribution >= 0.6 is 0 Å². The highest BCUT2D eigenvalue weighted by atomic mass is 16.7. The highest BCUT2D eigenvalue weighted by molar-refractivity contribution is 5.59. The molecule has 3 saturated heterocycles. The Morgan fingerprint density at radius 3 is 2.29 bits per heavy atom. The average Bonchev–Trinajstić information content (AvgIpc) is 3.41. The minimum atomic E-state index is -0.0775. The molecule has 3 fully saturated rings. The van der Waals surface area contributed by atoms with Crippen LogP contribution in [0.15, 0.2) is 23.8 Å². The van der Waals surface area contributed by atoms with Gasteiger partial charge in [-0.15, -0.1) is 0 Å². The van der Waals surface area contributed by atoms with E-state index in [-0.39, 0.29) is 37.6 Å². The van der Waals surface area contributed by atoms with Crippen molar-refractivity contribution in [3.63, 3.8) is 0 Å². The minimum absolute atomic E-state index is 0.0638. The second kappa shape index (κ2) is 5.19. The van der Waals surface area contributed by atoms with E-state index in [1.54, 1.807) is 0 Å². The largest absolute Gasteiger partial charge is 0.392 e. The molecular formula is C16H18O5. The van der Waals surface area contributed by atoms with Gasteiger partial charge in [-0.1, -0.05) is 18.2 Å². The molecule has 2 N–H and O–H groups in total. The SMILES string of the molecule is OCc1ccc(C=C2C3OC3COCC3OC23)cc1CO. The molecule has 0 saturated carbocycles. The van der Waals surface area contributed by atoms with E-state index in [9.17, 15) is 10.2 Å². The molecule has 4 unspecified atom stereocenters. The Labute approximate surface area is 122 Å². The molecule has 0 bridgehead atoms. The highest BCUT2D eigenvalue weighted by Crippen LogP contribution is 2.43. The van der Waals surface area contributed by atoms with Crippen molar-refractivity contribution in [2.45, 2.75) is 37.6 Å². The second-order valence-electron chi connectivity index (χ2n) is 5.72. The van der Waals surface area contributed by atoms with Crippen LogP contribution in [-0.4, -0.2) is 47.8 Å². The fourth-order valence-corrected chi connectivity index (χ4v) is 2.98. The zero-order chi connectivity index (χ0) is 14.4. The highest BCUT2D eigenvalue weighted by Gasteiger charge is 2.54. The van der Waals surface area contributed by atoms with Crippen LogP contribution in [0.4, 0.5) is 0 Å². The summed E-state index contributed by atoms with van der Waals surface area (Å²) in [7, 11) is 0. The van der Waals surface area contributed by atoms with Gasteiger partial charge < -0.3 is 24.4 Å². The number of benzene rings is 1. The fraction of sp³-hybridized carbons (Fsp3) is 0.500. The number of hydrogen-bond acceptors (Lipinski definition) is 5. The summed E-state index contributed by atoms with van der Waals surface area (Å²) in [5, 5.41) is 18.6. The monoisotopic (exact) mass is 290 g/mol. The maximum Gasteiger partial charge on any atom is 0.112 e. The molecule has 5 nitrogen and oxygen atoms in total. The van der Waals surface area contributed by atoms with Crippen LogP contribution in [0.25, 0.3) is 6.08 Å². The molecule has 0 aliphatic carbocycles. The van der Waals surface area contributed by atoms with Crippen molar-refractivity contribution >= 4 is 6.08 Å². The lowest BCUT2D eigenvalue weighted by Gasteiger charge is -2.08. The van der Waals surface area contributed by atoms with Gasteiger partial charge in [0.1, 0.15) is 24.4 Å². The smallest absolute Gasteiger partial charge is 0.112 e. The van der Waals surface area contributed by atoms with E-state index in [0.717, 1.165) is 22.3 Å². The van der Waals surface area contributed by atoms with E-state index in [0.29, 0.717) is 13.2 Å². The van der Waals surface area contributed by atoms with Crippen LogP contribution in [0.2, 0.25) is 0 Å². The Hall–Kier alpha value is -1.24. The number of ether oxygens (including phenoxy) is 3. The summed E-state index contributed by atoms with van der Waals surface area (Å²) in [6.45, 7) is 1.11. The minimum Gasteiger partial charge on any atom is -0.392 e.